The summed E-state index contributed by atoms with van der Waals surface area (Å²) in [4.78, 5) is 16.3. The summed E-state index contributed by atoms with van der Waals surface area (Å²) in [6, 6.07) is 19.4. The number of para-hydroxylation sites is 2. The molecule has 0 aliphatic heterocycles. The number of amides is 1. The summed E-state index contributed by atoms with van der Waals surface area (Å²) >= 11 is 0. The van der Waals surface area contributed by atoms with Crippen LogP contribution in [0.3, 0.4) is 0 Å². The molecule has 3 aromatic rings. The lowest BCUT2D eigenvalue weighted by Crippen LogP contribution is -2.16. The number of hydrogen-bond donors (Lipinski definition) is 2. The molecule has 110 valence electrons. The zero-order chi connectivity index (χ0) is 15.2. The Labute approximate surface area is 129 Å². The first kappa shape index (κ1) is 14.1. The number of carbonyl (C=O) groups is 1. The molecule has 0 fully saturated rings. The highest BCUT2D eigenvalue weighted by molar-refractivity contribution is 5.92. The molecule has 2 aromatic carbocycles. The number of fused-ring (bicyclic) bond motifs is 1. The summed E-state index contributed by atoms with van der Waals surface area (Å²) in [5, 5.41) is 7.24. The number of hydrogen-bond acceptors (Lipinski definition) is 3. The highest BCUT2D eigenvalue weighted by Gasteiger charge is 2.04. The molecule has 1 amide bonds. The van der Waals surface area contributed by atoms with Gasteiger partial charge in [0.1, 0.15) is 0 Å². The van der Waals surface area contributed by atoms with E-state index in [1.165, 1.54) is 0 Å². The summed E-state index contributed by atoms with van der Waals surface area (Å²) in [5.74, 6) is -0.00750. The van der Waals surface area contributed by atoms with Crippen molar-refractivity contribution in [2.45, 2.75) is 6.42 Å². The van der Waals surface area contributed by atoms with Crippen molar-refractivity contribution in [2.24, 2.45) is 0 Å². The Morgan fingerprint density at radius 1 is 0.955 bits per heavy atom. The third-order valence-electron chi connectivity index (χ3n) is 3.36. The molecule has 0 unspecified atom stereocenters. The molecule has 0 radical (unpaired) electrons. The van der Waals surface area contributed by atoms with E-state index in [-0.39, 0.29) is 5.91 Å². The molecular formula is C18H17N3O. The van der Waals surface area contributed by atoms with Gasteiger partial charge < -0.3 is 10.6 Å². The number of benzene rings is 2. The fourth-order valence-corrected chi connectivity index (χ4v) is 2.30. The van der Waals surface area contributed by atoms with E-state index in [0.717, 1.165) is 22.3 Å². The molecule has 0 saturated carbocycles. The van der Waals surface area contributed by atoms with Crippen LogP contribution >= 0.6 is 0 Å². The minimum absolute atomic E-state index is 0.00750. The quantitative estimate of drug-likeness (QED) is 0.754. The van der Waals surface area contributed by atoms with Crippen LogP contribution in [0.25, 0.3) is 10.9 Å². The van der Waals surface area contributed by atoms with Crippen molar-refractivity contribution >= 4 is 28.2 Å². The van der Waals surface area contributed by atoms with Crippen molar-refractivity contribution in [3.8, 4) is 0 Å². The lowest BCUT2D eigenvalue weighted by atomic mass is 10.2. The van der Waals surface area contributed by atoms with E-state index in [0.29, 0.717) is 13.0 Å². The van der Waals surface area contributed by atoms with Crippen LogP contribution in [0, 0.1) is 0 Å². The van der Waals surface area contributed by atoms with Gasteiger partial charge in [-0.05, 0) is 24.3 Å². The number of pyridine rings is 1. The molecule has 0 aliphatic rings. The first-order valence-electron chi connectivity index (χ1n) is 7.25. The zero-order valence-electron chi connectivity index (χ0n) is 12.1. The maximum atomic E-state index is 11.9. The SMILES string of the molecule is O=C(CCNc1cccc2cccnc12)Nc1ccccc1. The normalized spacial score (nSPS) is 10.4. The van der Waals surface area contributed by atoms with Crippen molar-refractivity contribution < 1.29 is 4.79 Å². The van der Waals surface area contributed by atoms with Crippen molar-refractivity contribution in [3.63, 3.8) is 0 Å². The van der Waals surface area contributed by atoms with E-state index in [9.17, 15) is 4.79 Å². The standard InChI is InChI=1S/C18H17N3O/c22-17(21-15-8-2-1-3-9-15)11-13-19-16-10-4-6-14-7-5-12-20-18(14)16/h1-10,12,19H,11,13H2,(H,21,22). The van der Waals surface area contributed by atoms with E-state index in [2.05, 4.69) is 15.6 Å². The van der Waals surface area contributed by atoms with Crippen LogP contribution in [-0.2, 0) is 4.79 Å². The van der Waals surface area contributed by atoms with Crippen molar-refractivity contribution in [3.05, 3.63) is 66.9 Å². The molecule has 1 heterocycles. The van der Waals surface area contributed by atoms with E-state index in [1.807, 2.05) is 60.7 Å². The van der Waals surface area contributed by atoms with E-state index in [1.54, 1.807) is 6.20 Å². The lowest BCUT2D eigenvalue weighted by molar-refractivity contribution is -0.115. The third-order valence-corrected chi connectivity index (χ3v) is 3.36. The second kappa shape index (κ2) is 6.72. The fraction of sp³-hybridized carbons (Fsp3) is 0.111. The fourth-order valence-electron chi connectivity index (χ4n) is 2.30. The second-order valence-electron chi connectivity index (χ2n) is 4.97. The third kappa shape index (κ3) is 3.41. The Morgan fingerprint density at radius 3 is 2.64 bits per heavy atom. The van der Waals surface area contributed by atoms with Gasteiger partial charge in [-0.3, -0.25) is 9.78 Å². The number of nitrogens with zero attached hydrogens (tertiary/aromatic N) is 1. The summed E-state index contributed by atoms with van der Waals surface area (Å²) in [6.07, 6.45) is 2.17. The van der Waals surface area contributed by atoms with Gasteiger partial charge in [-0.15, -0.1) is 0 Å². The van der Waals surface area contributed by atoms with Gasteiger partial charge in [-0.1, -0.05) is 36.4 Å². The van der Waals surface area contributed by atoms with Crippen LogP contribution in [0.4, 0.5) is 11.4 Å². The molecule has 0 bridgehead atoms. The predicted octanol–water partition coefficient (Wildman–Crippen LogP) is 3.68. The van der Waals surface area contributed by atoms with Gasteiger partial charge in [0.2, 0.25) is 5.91 Å². The Bertz CT molecular complexity index is 766. The molecular weight excluding hydrogens is 274 g/mol. The average Bonchev–Trinajstić information content (AvgIpc) is 2.56. The molecule has 4 nitrogen and oxygen atoms in total. The molecule has 1 aromatic heterocycles. The van der Waals surface area contributed by atoms with Crippen molar-refractivity contribution in [2.75, 3.05) is 17.2 Å². The molecule has 4 heteroatoms. The van der Waals surface area contributed by atoms with Crippen LogP contribution in [-0.4, -0.2) is 17.4 Å². The van der Waals surface area contributed by atoms with Gasteiger partial charge in [0.05, 0.1) is 11.2 Å². The topological polar surface area (TPSA) is 54.0 Å². The molecule has 0 atom stereocenters. The highest BCUT2D eigenvalue weighted by Crippen LogP contribution is 2.20. The Kier molecular flexibility index (Phi) is 4.30. The van der Waals surface area contributed by atoms with Gasteiger partial charge in [-0.2, -0.15) is 0 Å². The Morgan fingerprint density at radius 2 is 1.77 bits per heavy atom. The maximum absolute atomic E-state index is 11.9. The number of aromatic nitrogens is 1. The van der Waals surface area contributed by atoms with Gasteiger partial charge in [0, 0.05) is 30.2 Å². The Balaban J connectivity index is 1.57. The van der Waals surface area contributed by atoms with Crippen LogP contribution in [0.15, 0.2) is 66.9 Å². The molecule has 0 aliphatic carbocycles. The highest BCUT2D eigenvalue weighted by atomic mass is 16.1. The largest absolute Gasteiger partial charge is 0.383 e. The minimum Gasteiger partial charge on any atom is -0.383 e. The van der Waals surface area contributed by atoms with Crippen LogP contribution in [0.1, 0.15) is 6.42 Å². The number of anilines is 2. The summed E-state index contributed by atoms with van der Waals surface area (Å²) in [5.41, 5.74) is 2.69. The van der Waals surface area contributed by atoms with Gasteiger partial charge in [0.15, 0.2) is 0 Å². The molecule has 22 heavy (non-hydrogen) atoms. The molecule has 0 spiro atoms. The summed E-state index contributed by atoms with van der Waals surface area (Å²) in [7, 11) is 0. The summed E-state index contributed by atoms with van der Waals surface area (Å²) in [6.45, 7) is 0.564. The van der Waals surface area contributed by atoms with Crippen molar-refractivity contribution in [1.29, 1.82) is 0 Å². The minimum atomic E-state index is -0.00750. The number of rotatable bonds is 5. The summed E-state index contributed by atoms with van der Waals surface area (Å²) < 4.78 is 0. The molecule has 3 rings (SSSR count). The van der Waals surface area contributed by atoms with Crippen molar-refractivity contribution in [1.82, 2.24) is 4.98 Å². The Hall–Kier alpha value is -2.88. The van der Waals surface area contributed by atoms with E-state index < -0.39 is 0 Å². The predicted molar refractivity (Wildman–Crippen MR) is 89.9 cm³/mol. The first-order chi connectivity index (χ1) is 10.8. The average molecular weight is 291 g/mol. The van der Waals surface area contributed by atoms with Gasteiger partial charge >= 0.3 is 0 Å². The van der Waals surface area contributed by atoms with E-state index in [4.69, 9.17) is 0 Å². The number of nitrogens with one attached hydrogen (secondary N) is 2. The van der Waals surface area contributed by atoms with Crippen LogP contribution < -0.4 is 10.6 Å². The molecule has 2 N–H and O–H groups in total. The van der Waals surface area contributed by atoms with Crippen LogP contribution in [0.5, 0.6) is 0 Å². The first-order valence-corrected chi connectivity index (χ1v) is 7.25. The zero-order valence-corrected chi connectivity index (χ0v) is 12.1. The molecule has 0 saturated heterocycles. The van der Waals surface area contributed by atoms with Gasteiger partial charge in [-0.25, -0.2) is 0 Å². The maximum Gasteiger partial charge on any atom is 0.226 e. The monoisotopic (exact) mass is 291 g/mol. The van der Waals surface area contributed by atoms with E-state index >= 15 is 0 Å². The lowest BCUT2D eigenvalue weighted by Gasteiger charge is -2.09. The van der Waals surface area contributed by atoms with Gasteiger partial charge in [0.25, 0.3) is 0 Å². The smallest absolute Gasteiger partial charge is 0.226 e. The van der Waals surface area contributed by atoms with Crippen LogP contribution in [0.2, 0.25) is 0 Å². The second-order valence-corrected chi connectivity index (χ2v) is 4.97. The number of carbonyl (C=O) groups excluding carboxylic acids is 1.